The molecule has 0 amide bonds. The molecule has 2 heteroatoms. The predicted molar refractivity (Wildman–Crippen MR) is 133 cm³/mol. The number of aryl methyl sites for hydroxylation is 2. The molecule has 0 nitrogen and oxygen atoms in total. The number of hydrogen-bond acceptors (Lipinski definition) is 0. The highest BCUT2D eigenvalue weighted by Gasteiger charge is 2.03. The van der Waals surface area contributed by atoms with Crippen molar-refractivity contribution >= 4 is 0 Å². The Morgan fingerprint density at radius 1 is 0.576 bits per heavy atom. The van der Waals surface area contributed by atoms with Crippen molar-refractivity contribution in [1.29, 1.82) is 0 Å². The summed E-state index contributed by atoms with van der Waals surface area (Å²) in [5.74, 6) is 11.5. The molecule has 0 atom stereocenters. The second-order valence-electron chi connectivity index (χ2n) is 8.26. The molecule has 0 aliphatic rings. The summed E-state index contributed by atoms with van der Waals surface area (Å²) >= 11 is 0. The molecule has 33 heavy (non-hydrogen) atoms. The van der Waals surface area contributed by atoms with Gasteiger partial charge in [0.1, 0.15) is 11.6 Å². The zero-order chi connectivity index (χ0) is 23.5. The molecular weight excluding hydrogens is 410 g/mol. The molecule has 0 saturated carbocycles. The van der Waals surface area contributed by atoms with Crippen LogP contribution in [0.25, 0.3) is 0 Å². The minimum Gasteiger partial charge on any atom is -0.207 e. The summed E-state index contributed by atoms with van der Waals surface area (Å²) in [5, 5.41) is 0. The summed E-state index contributed by atoms with van der Waals surface area (Å²) in [6.45, 7) is 4.22. The van der Waals surface area contributed by atoms with Crippen LogP contribution in [-0.4, -0.2) is 0 Å². The molecule has 0 fully saturated rings. The molecule has 3 aromatic carbocycles. The van der Waals surface area contributed by atoms with E-state index in [9.17, 15) is 8.78 Å². The Morgan fingerprint density at radius 3 is 1.88 bits per heavy atom. The van der Waals surface area contributed by atoms with Crippen molar-refractivity contribution in [3.05, 3.63) is 106 Å². The topological polar surface area (TPSA) is 0 Å². The van der Waals surface area contributed by atoms with Gasteiger partial charge < -0.3 is 0 Å². The van der Waals surface area contributed by atoms with Gasteiger partial charge in [-0.2, -0.15) is 0 Å². The summed E-state index contributed by atoms with van der Waals surface area (Å²) in [4.78, 5) is 0. The molecule has 3 rings (SSSR count). The van der Waals surface area contributed by atoms with Gasteiger partial charge in [-0.1, -0.05) is 75.3 Å². The van der Waals surface area contributed by atoms with E-state index in [0.29, 0.717) is 11.1 Å². The summed E-state index contributed by atoms with van der Waals surface area (Å²) in [6.07, 6.45) is 7.24. The Kier molecular flexibility index (Phi) is 9.29. The third-order valence-electron chi connectivity index (χ3n) is 5.50. The van der Waals surface area contributed by atoms with E-state index >= 15 is 0 Å². The number of unbranched alkanes of at least 4 members (excludes halogenated alkanes) is 3. The molecule has 0 spiro atoms. The van der Waals surface area contributed by atoms with Gasteiger partial charge in [0.2, 0.25) is 0 Å². The average molecular weight is 441 g/mol. The Hall–Kier alpha value is -3.36. The summed E-state index contributed by atoms with van der Waals surface area (Å²) in [5.41, 5.74) is 4.42. The molecule has 0 radical (unpaired) electrons. The first-order valence-electron chi connectivity index (χ1n) is 11.8. The van der Waals surface area contributed by atoms with Crippen molar-refractivity contribution in [3.63, 3.8) is 0 Å². The summed E-state index contributed by atoms with van der Waals surface area (Å²) in [7, 11) is 0. The van der Waals surface area contributed by atoms with E-state index in [2.05, 4.69) is 30.6 Å². The molecule has 0 N–H and O–H groups in total. The summed E-state index contributed by atoms with van der Waals surface area (Å²) in [6, 6.07) is 17.9. The highest BCUT2D eigenvalue weighted by molar-refractivity contribution is 5.48. The molecule has 0 aliphatic heterocycles. The van der Waals surface area contributed by atoms with Gasteiger partial charge >= 0.3 is 0 Å². The molecular formula is C31H30F2. The molecule has 0 heterocycles. The lowest BCUT2D eigenvalue weighted by molar-refractivity contribution is 0.607. The second-order valence-corrected chi connectivity index (χ2v) is 8.26. The monoisotopic (exact) mass is 440 g/mol. The number of hydrogen-bond donors (Lipinski definition) is 0. The maximum atomic E-state index is 14.4. The van der Waals surface area contributed by atoms with Gasteiger partial charge in [0, 0.05) is 16.7 Å². The van der Waals surface area contributed by atoms with Crippen molar-refractivity contribution in [2.75, 3.05) is 0 Å². The van der Waals surface area contributed by atoms with Crippen molar-refractivity contribution < 1.29 is 8.78 Å². The quantitative estimate of drug-likeness (QED) is 0.259. The van der Waals surface area contributed by atoms with Crippen LogP contribution in [0.15, 0.2) is 60.7 Å². The van der Waals surface area contributed by atoms with Crippen molar-refractivity contribution in [3.8, 4) is 23.7 Å². The van der Waals surface area contributed by atoms with E-state index in [1.54, 1.807) is 18.2 Å². The first-order chi connectivity index (χ1) is 16.1. The fourth-order valence-corrected chi connectivity index (χ4v) is 3.59. The number of halogens is 2. The van der Waals surface area contributed by atoms with Crippen LogP contribution < -0.4 is 0 Å². The van der Waals surface area contributed by atoms with Crippen LogP contribution in [0.2, 0.25) is 0 Å². The van der Waals surface area contributed by atoms with Gasteiger partial charge in [0.05, 0.1) is 5.56 Å². The third-order valence-corrected chi connectivity index (χ3v) is 5.50. The van der Waals surface area contributed by atoms with Crippen LogP contribution in [0.3, 0.4) is 0 Å². The third kappa shape index (κ3) is 7.62. The van der Waals surface area contributed by atoms with Gasteiger partial charge in [-0.3, -0.25) is 0 Å². The lowest BCUT2D eigenvalue weighted by Gasteiger charge is -2.02. The van der Waals surface area contributed by atoms with Crippen LogP contribution in [0.5, 0.6) is 0 Å². The normalized spacial score (nSPS) is 10.2. The van der Waals surface area contributed by atoms with Crippen LogP contribution in [0.4, 0.5) is 8.78 Å². The van der Waals surface area contributed by atoms with E-state index in [1.807, 2.05) is 43.3 Å². The molecule has 3 aromatic rings. The van der Waals surface area contributed by atoms with E-state index in [-0.39, 0.29) is 11.6 Å². The van der Waals surface area contributed by atoms with Crippen molar-refractivity contribution in [2.45, 2.75) is 58.8 Å². The van der Waals surface area contributed by atoms with E-state index in [1.165, 1.54) is 25.3 Å². The Balaban J connectivity index is 1.63. The second kappa shape index (κ2) is 12.6. The minimum absolute atomic E-state index is 0.203. The molecule has 0 aliphatic carbocycles. The summed E-state index contributed by atoms with van der Waals surface area (Å²) < 4.78 is 28.5. The van der Waals surface area contributed by atoms with Gasteiger partial charge in [-0.25, -0.2) is 8.78 Å². The van der Waals surface area contributed by atoms with Gasteiger partial charge in [0.15, 0.2) is 0 Å². The first-order valence-corrected chi connectivity index (χ1v) is 11.8. The molecule has 0 bridgehead atoms. The average Bonchev–Trinajstić information content (AvgIpc) is 2.82. The van der Waals surface area contributed by atoms with Gasteiger partial charge in [0.25, 0.3) is 0 Å². The van der Waals surface area contributed by atoms with Crippen LogP contribution in [-0.2, 0) is 12.8 Å². The highest BCUT2D eigenvalue weighted by Crippen LogP contribution is 2.14. The van der Waals surface area contributed by atoms with Crippen molar-refractivity contribution in [1.82, 2.24) is 0 Å². The van der Waals surface area contributed by atoms with Gasteiger partial charge in [-0.05, 0) is 78.9 Å². The fourth-order valence-electron chi connectivity index (χ4n) is 3.59. The van der Waals surface area contributed by atoms with E-state index in [4.69, 9.17) is 0 Å². The SMILES string of the molecule is CCCCCCc1ccc(C#Cc2ccc(C#Cc3ccc(CCC)c(F)c3)cc2)c(F)c1. The standard InChI is InChI=1S/C31H30F2/c1-3-5-6-7-9-26-17-21-29(31(33)22-26)19-16-25-12-10-24(11-13-25)14-15-27-18-20-28(8-4-2)30(32)23-27/h10-13,17-18,20-23H,3-9H2,1-2H3. The lowest BCUT2D eigenvalue weighted by Crippen LogP contribution is -1.90. The highest BCUT2D eigenvalue weighted by atomic mass is 19.1. The first kappa shape index (κ1) is 24.3. The predicted octanol–water partition coefficient (Wildman–Crippen LogP) is 7.84. The Morgan fingerprint density at radius 2 is 1.24 bits per heavy atom. The number of rotatable bonds is 7. The smallest absolute Gasteiger partial charge is 0.139 e. The Bertz CT molecular complexity index is 1180. The molecule has 0 aromatic heterocycles. The molecule has 0 saturated heterocycles. The Labute approximate surface area is 197 Å². The molecule has 0 unspecified atom stereocenters. The molecule has 168 valence electrons. The number of benzene rings is 3. The lowest BCUT2D eigenvalue weighted by atomic mass is 10.0. The maximum Gasteiger partial charge on any atom is 0.139 e. The van der Waals surface area contributed by atoms with Gasteiger partial charge in [-0.15, -0.1) is 0 Å². The zero-order valence-corrected chi connectivity index (χ0v) is 19.5. The maximum absolute atomic E-state index is 14.4. The van der Waals surface area contributed by atoms with E-state index in [0.717, 1.165) is 47.9 Å². The van der Waals surface area contributed by atoms with E-state index < -0.39 is 0 Å². The zero-order valence-electron chi connectivity index (χ0n) is 19.5. The van der Waals surface area contributed by atoms with Crippen molar-refractivity contribution in [2.24, 2.45) is 0 Å². The van der Waals surface area contributed by atoms with Crippen LogP contribution in [0, 0.1) is 35.3 Å². The minimum atomic E-state index is -0.268. The van der Waals surface area contributed by atoms with Crippen LogP contribution in [0.1, 0.15) is 79.3 Å². The van der Waals surface area contributed by atoms with Crippen LogP contribution >= 0.6 is 0 Å². The largest absolute Gasteiger partial charge is 0.207 e. The fraction of sp³-hybridized carbons (Fsp3) is 0.290.